The SMILES string of the molecule is CCN(Cc1nc2ccccc2c(=O)[nH]1)C(=O)COc1ccccc1C=O. The Labute approximate surface area is 155 Å². The Bertz CT molecular complexity index is 1030. The first-order valence-electron chi connectivity index (χ1n) is 8.55. The van der Waals surface area contributed by atoms with E-state index < -0.39 is 0 Å². The summed E-state index contributed by atoms with van der Waals surface area (Å²) in [6.07, 6.45) is 0.682. The molecule has 0 unspecified atom stereocenters. The molecule has 1 N–H and O–H groups in total. The van der Waals surface area contributed by atoms with Gasteiger partial charge in [0, 0.05) is 6.54 Å². The molecular formula is C20H19N3O4. The number of nitrogens with one attached hydrogen (secondary N) is 1. The maximum atomic E-state index is 12.5. The van der Waals surface area contributed by atoms with Crippen molar-refractivity contribution in [2.75, 3.05) is 13.2 Å². The van der Waals surface area contributed by atoms with Crippen LogP contribution < -0.4 is 10.3 Å². The van der Waals surface area contributed by atoms with Gasteiger partial charge in [0.2, 0.25) is 0 Å². The minimum absolute atomic E-state index is 0.161. The standard InChI is InChI=1S/C20H19N3O4/c1-2-23(19(25)13-27-17-10-6-3-7-14(17)12-24)11-18-21-16-9-5-4-8-15(16)20(26)22-18/h3-10,12H,2,11,13H2,1H3,(H,21,22,26). The summed E-state index contributed by atoms with van der Waals surface area (Å²) < 4.78 is 5.49. The van der Waals surface area contributed by atoms with Gasteiger partial charge < -0.3 is 14.6 Å². The lowest BCUT2D eigenvalue weighted by Gasteiger charge is -2.20. The zero-order valence-electron chi connectivity index (χ0n) is 14.8. The summed E-state index contributed by atoms with van der Waals surface area (Å²) in [5.74, 6) is 0.491. The summed E-state index contributed by atoms with van der Waals surface area (Å²) in [7, 11) is 0. The second-order valence-electron chi connectivity index (χ2n) is 5.88. The van der Waals surface area contributed by atoms with Gasteiger partial charge in [0.15, 0.2) is 12.9 Å². The van der Waals surface area contributed by atoms with Crippen molar-refractivity contribution in [3.8, 4) is 5.75 Å². The zero-order valence-corrected chi connectivity index (χ0v) is 14.8. The third-order valence-electron chi connectivity index (χ3n) is 4.13. The number of nitrogens with zero attached hydrogens (tertiary/aromatic N) is 2. The van der Waals surface area contributed by atoms with Crippen molar-refractivity contribution < 1.29 is 14.3 Å². The van der Waals surface area contributed by atoms with Crippen LogP contribution in [0.1, 0.15) is 23.1 Å². The van der Waals surface area contributed by atoms with Crippen LogP contribution in [-0.4, -0.2) is 40.2 Å². The molecule has 27 heavy (non-hydrogen) atoms. The van der Waals surface area contributed by atoms with Crippen LogP contribution in [0.15, 0.2) is 53.3 Å². The van der Waals surface area contributed by atoms with Crippen LogP contribution in [0.2, 0.25) is 0 Å². The third-order valence-corrected chi connectivity index (χ3v) is 4.13. The Morgan fingerprint density at radius 3 is 2.70 bits per heavy atom. The highest BCUT2D eigenvalue weighted by Crippen LogP contribution is 2.16. The summed E-state index contributed by atoms with van der Waals surface area (Å²) in [6, 6.07) is 13.7. The van der Waals surface area contributed by atoms with E-state index in [1.165, 1.54) is 4.90 Å². The molecule has 3 aromatic rings. The van der Waals surface area contributed by atoms with Crippen LogP contribution in [-0.2, 0) is 11.3 Å². The van der Waals surface area contributed by atoms with Gasteiger partial charge in [-0.3, -0.25) is 14.4 Å². The lowest BCUT2D eigenvalue weighted by Crippen LogP contribution is -2.35. The number of H-pyrrole nitrogens is 1. The number of fused-ring (bicyclic) bond motifs is 1. The molecule has 0 aliphatic heterocycles. The molecule has 1 heterocycles. The fraction of sp³-hybridized carbons (Fsp3) is 0.200. The van der Waals surface area contributed by atoms with Gasteiger partial charge >= 0.3 is 0 Å². The van der Waals surface area contributed by atoms with Crippen molar-refractivity contribution in [3.05, 3.63) is 70.3 Å². The van der Waals surface area contributed by atoms with E-state index in [9.17, 15) is 14.4 Å². The summed E-state index contributed by atoms with van der Waals surface area (Å²) in [6.45, 7) is 2.20. The fourth-order valence-corrected chi connectivity index (χ4v) is 2.71. The Balaban J connectivity index is 1.72. The number of benzene rings is 2. The molecule has 7 nitrogen and oxygen atoms in total. The Kier molecular flexibility index (Phi) is 5.61. The minimum atomic E-state index is -0.269. The quantitative estimate of drug-likeness (QED) is 0.648. The fourth-order valence-electron chi connectivity index (χ4n) is 2.71. The number of aldehydes is 1. The molecule has 1 aromatic heterocycles. The number of aromatic amines is 1. The highest BCUT2D eigenvalue weighted by molar-refractivity contribution is 5.81. The van der Waals surface area contributed by atoms with Crippen molar-refractivity contribution in [1.82, 2.24) is 14.9 Å². The molecular weight excluding hydrogens is 346 g/mol. The van der Waals surface area contributed by atoms with Gasteiger partial charge in [-0.25, -0.2) is 4.98 Å². The minimum Gasteiger partial charge on any atom is -0.483 e. The number of rotatable bonds is 7. The number of hydrogen-bond donors (Lipinski definition) is 1. The van der Waals surface area contributed by atoms with Crippen LogP contribution in [0.25, 0.3) is 10.9 Å². The number of para-hydroxylation sites is 2. The van der Waals surface area contributed by atoms with Gasteiger partial charge in [-0.1, -0.05) is 24.3 Å². The molecule has 0 fully saturated rings. The second-order valence-corrected chi connectivity index (χ2v) is 5.88. The lowest BCUT2D eigenvalue weighted by atomic mass is 10.2. The van der Waals surface area contributed by atoms with Crippen LogP contribution in [0.3, 0.4) is 0 Å². The number of aromatic nitrogens is 2. The molecule has 1 amide bonds. The molecule has 0 bridgehead atoms. The van der Waals surface area contributed by atoms with Crippen LogP contribution in [0.4, 0.5) is 0 Å². The van der Waals surface area contributed by atoms with Crippen molar-refractivity contribution in [2.24, 2.45) is 0 Å². The largest absolute Gasteiger partial charge is 0.483 e. The highest BCUT2D eigenvalue weighted by Gasteiger charge is 2.15. The summed E-state index contributed by atoms with van der Waals surface area (Å²) in [5.41, 5.74) is 0.722. The molecule has 3 rings (SSSR count). The van der Waals surface area contributed by atoms with E-state index in [2.05, 4.69) is 9.97 Å². The molecule has 7 heteroatoms. The Hall–Kier alpha value is -3.48. The topological polar surface area (TPSA) is 92.4 Å². The molecule has 0 saturated carbocycles. The van der Waals surface area contributed by atoms with Gasteiger partial charge in [0.25, 0.3) is 11.5 Å². The maximum absolute atomic E-state index is 12.5. The lowest BCUT2D eigenvalue weighted by molar-refractivity contribution is -0.133. The van der Waals surface area contributed by atoms with Gasteiger partial charge in [0.05, 0.1) is 23.0 Å². The van der Waals surface area contributed by atoms with E-state index in [1.54, 1.807) is 48.5 Å². The average molecular weight is 365 g/mol. The summed E-state index contributed by atoms with van der Waals surface area (Å²) >= 11 is 0. The van der Waals surface area contributed by atoms with E-state index in [1.807, 2.05) is 6.92 Å². The molecule has 0 aliphatic carbocycles. The Morgan fingerprint density at radius 2 is 1.93 bits per heavy atom. The van der Waals surface area contributed by atoms with E-state index in [0.717, 1.165) is 0 Å². The van der Waals surface area contributed by atoms with Gasteiger partial charge in [-0.2, -0.15) is 0 Å². The number of carbonyl (C=O) groups excluding carboxylic acids is 2. The van der Waals surface area contributed by atoms with Crippen LogP contribution in [0.5, 0.6) is 5.75 Å². The summed E-state index contributed by atoms with van der Waals surface area (Å²) in [4.78, 5) is 44.3. The van der Waals surface area contributed by atoms with E-state index >= 15 is 0 Å². The molecule has 0 aliphatic rings. The van der Waals surface area contributed by atoms with Crippen molar-refractivity contribution in [1.29, 1.82) is 0 Å². The monoisotopic (exact) mass is 365 g/mol. The first-order valence-corrected chi connectivity index (χ1v) is 8.55. The third kappa shape index (κ3) is 4.20. The van der Waals surface area contributed by atoms with Gasteiger partial charge in [-0.05, 0) is 31.2 Å². The molecule has 0 spiro atoms. The molecule has 138 valence electrons. The number of hydrogen-bond acceptors (Lipinski definition) is 5. The van der Waals surface area contributed by atoms with Crippen LogP contribution in [0, 0.1) is 0 Å². The zero-order chi connectivity index (χ0) is 19.2. The smallest absolute Gasteiger partial charge is 0.260 e. The van der Waals surface area contributed by atoms with Gasteiger partial charge in [0.1, 0.15) is 11.6 Å². The normalized spacial score (nSPS) is 10.6. The first kappa shape index (κ1) is 18.3. The molecule has 0 saturated heterocycles. The van der Waals surface area contributed by atoms with Crippen molar-refractivity contribution >= 4 is 23.1 Å². The number of ether oxygens (including phenoxy) is 1. The van der Waals surface area contributed by atoms with E-state index in [-0.39, 0.29) is 24.6 Å². The van der Waals surface area contributed by atoms with E-state index in [4.69, 9.17) is 4.74 Å². The molecule has 0 radical (unpaired) electrons. The van der Waals surface area contributed by atoms with Gasteiger partial charge in [-0.15, -0.1) is 0 Å². The maximum Gasteiger partial charge on any atom is 0.260 e. The van der Waals surface area contributed by atoms with Crippen LogP contribution >= 0.6 is 0 Å². The number of carbonyl (C=O) groups is 2. The highest BCUT2D eigenvalue weighted by atomic mass is 16.5. The summed E-state index contributed by atoms with van der Waals surface area (Å²) in [5, 5.41) is 0.504. The molecule has 2 aromatic carbocycles. The number of likely N-dealkylation sites (N-methyl/N-ethyl adjacent to an activating group) is 1. The average Bonchev–Trinajstić information content (AvgIpc) is 2.70. The Morgan fingerprint density at radius 1 is 1.19 bits per heavy atom. The predicted molar refractivity (Wildman–Crippen MR) is 101 cm³/mol. The molecule has 0 atom stereocenters. The van der Waals surface area contributed by atoms with E-state index in [0.29, 0.717) is 40.9 Å². The number of amides is 1. The predicted octanol–water partition coefficient (Wildman–Crippen LogP) is 2.16. The van der Waals surface area contributed by atoms with Crippen molar-refractivity contribution in [2.45, 2.75) is 13.5 Å². The second kappa shape index (κ2) is 8.27. The first-order chi connectivity index (χ1) is 13.1. The van der Waals surface area contributed by atoms with Crippen molar-refractivity contribution in [3.63, 3.8) is 0 Å².